The fourth-order valence-corrected chi connectivity index (χ4v) is 2.96. The molecule has 0 aliphatic heterocycles. The Kier molecular flexibility index (Phi) is 4.64. The summed E-state index contributed by atoms with van der Waals surface area (Å²) in [5.74, 6) is 0.761. The van der Waals surface area contributed by atoms with Crippen LogP contribution in [0.5, 0.6) is 5.75 Å². The Labute approximate surface area is 116 Å². The lowest BCUT2D eigenvalue weighted by molar-refractivity contribution is 0.0930. The van der Waals surface area contributed by atoms with Crippen LogP contribution in [0.25, 0.3) is 0 Å². The van der Waals surface area contributed by atoms with Gasteiger partial charge in [0.1, 0.15) is 5.75 Å². The Bertz CT molecular complexity index is 405. The predicted octanol–water partition coefficient (Wildman–Crippen LogP) is 3.13. The Morgan fingerprint density at radius 3 is 2.56 bits per heavy atom. The monoisotopic (exact) mass is 311 g/mol. The van der Waals surface area contributed by atoms with E-state index in [1.807, 2.05) is 0 Å². The average molecular weight is 312 g/mol. The smallest absolute Gasteiger partial charge is 0.251 e. The Hall–Kier alpha value is -1.03. The lowest BCUT2D eigenvalue weighted by Gasteiger charge is -2.28. The summed E-state index contributed by atoms with van der Waals surface area (Å²) in [4.78, 5) is 12.5. The van der Waals surface area contributed by atoms with Crippen LogP contribution in [-0.4, -0.2) is 23.9 Å². The molecule has 1 aromatic carbocycles. The van der Waals surface area contributed by atoms with Gasteiger partial charge < -0.3 is 10.1 Å². The molecule has 0 radical (unpaired) electrons. The number of methoxy groups -OCH3 is 1. The van der Waals surface area contributed by atoms with Crippen molar-refractivity contribution in [2.45, 2.75) is 36.6 Å². The number of hydrogen-bond acceptors (Lipinski definition) is 2. The summed E-state index contributed by atoms with van der Waals surface area (Å²) in [7, 11) is 1.62. The van der Waals surface area contributed by atoms with E-state index < -0.39 is 0 Å². The van der Waals surface area contributed by atoms with Crippen LogP contribution in [0, 0.1) is 0 Å². The van der Waals surface area contributed by atoms with Gasteiger partial charge in [-0.2, -0.15) is 0 Å². The molecule has 1 saturated carbocycles. The largest absolute Gasteiger partial charge is 0.497 e. The number of hydrogen-bond donors (Lipinski definition) is 1. The molecule has 4 heteroatoms. The maximum absolute atomic E-state index is 12.1. The van der Waals surface area contributed by atoms with Crippen molar-refractivity contribution in [2.75, 3.05) is 7.11 Å². The molecule has 1 amide bonds. The molecule has 0 aromatic heterocycles. The van der Waals surface area contributed by atoms with Gasteiger partial charge in [-0.05, 0) is 37.1 Å². The SMILES string of the molecule is COc1ccc(C(=O)NC2CCCCC2Br)cc1. The van der Waals surface area contributed by atoms with E-state index in [4.69, 9.17) is 4.74 Å². The van der Waals surface area contributed by atoms with E-state index in [1.54, 1.807) is 31.4 Å². The van der Waals surface area contributed by atoms with Crippen LogP contribution in [-0.2, 0) is 0 Å². The van der Waals surface area contributed by atoms with Gasteiger partial charge in [0.05, 0.1) is 7.11 Å². The third-order valence-electron chi connectivity index (χ3n) is 3.35. The summed E-state index contributed by atoms with van der Waals surface area (Å²) in [6.45, 7) is 0. The third-order valence-corrected chi connectivity index (χ3v) is 4.45. The van der Waals surface area contributed by atoms with Crippen LogP contribution < -0.4 is 10.1 Å². The summed E-state index contributed by atoms with van der Waals surface area (Å²) >= 11 is 3.64. The molecule has 18 heavy (non-hydrogen) atoms. The molecule has 0 bridgehead atoms. The summed E-state index contributed by atoms with van der Waals surface area (Å²) in [5.41, 5.74) is 0.682. The highest BCUT2D eigenvalue weighted by Gasteiger charge is 2.24. The standard InChI is InChI=1S/C14H18BrNO2/c1-18-11-8-6-10(7-9-11)14(17)16-13-5-3-2-4-12(13)15/h6-9,12-13H,2-5H2,1H3,(H,16,17). The van der Waals surface area contributed by atoms with Crippen molar-refractivity contribution in [2.24, 2.45) is 0 Å². The van der Waals surface area contributed by atoms with Crippen LogP contribution in [0.4, 0.5) is 0 Å². The number of ether oxygens (including phenoxy) is 1. The first-order valence-corrected chi connectivity index (χ1v) is 7.21. The van der Waals surface area contributed by atoms with Gasteiger partial charge in [0.25, 0.3) is 5.91 Å². The molecular formula is C14H18BrNO2. The van der Waals surface area contributed by atoms with Crippen LogP contribution >= 0.6 is 15.9 Å². The molecule has 1 N–H and O–H groups in total. The van der Waals surface area contributed by atoms with Crippen molar-refractivity contribution in [3.63, 3.8) is 0 Å². The summed E-state index contributed by atoms with van der Waals surface area (Å²) in [5, 5.41) is 3.10. The van der Waals surface area contributed by atoms with Crippen molar-refractivity contribution in [1.29, 1.82) is 0 Å². The van der Waals surface area contributed by atoms with Gasteiger partial charge in [-0.15, -0.1) is 0 Å². The third kappa shape index (κ3) is 3.25. The second-order valence-electron chi connectivity index (χ2n) is 4.61. The number of halogens is 1. The van der Waals surface area contributed by atoms with Crippen molar-refractivity contribution in [3.8, 4) is 5.75 Å². The van der Waals surface area contributed by atoms with Crippen LogP contribution in [0.2, 0.25) is 0 Å². The number of alkyl halides is 1. The van der Waals surface area contributed by atoms with Gasteiger partial charge >= 0.3 is 0 Å². The predicted molar refractivity (Wildman–Crippen MR) is 75.4 cm³/mol. The minimum absolute atomic E-state index is 0.00555. The normalized spacial score (nSPS) is 23.4. The topological polar surface area (TPSA) is 38.3 Å². The van der Waals surface area contributed by atoms with Crippen molar-refractivity contribution < 1.29 is 9.53 Å². The maximum Gasteiger partial charge on any atom is 0.251 e. The zero-order chi connectivity index (χ0) is 13.0. The van der Waals surface area contributed by atoms with Crippen molar-refractivity contribution in [3.05, 3.63) is 29.8 Å². The lowest BCUT2D eigenvalue weighted by Crippen LogP contribution is -2.42. The molecule has 0 saturated heterocycles. The van der Waals surface area contributed by atoms with E-state index in [9.17, 15) is 4.79 Å². The summed E-state index contributed by atoms with van der Waals surface area (Å²) < 4.78 is 5.08. The number of rotatable bonds is 3. The van der Waals surface area contributed by atoms with E-state index in [0.717, 1.165) is 18.6 Å². The van der Waals surface area contributed by atoms with E-state index in [1.165, 1.54) is 12.8 Å². The van der Waals surface area contributed by atoms with E-state index >= 15 is 0 Å². The average Bonchev–Trinajstić information content (AvgIpc) is 2.41. The Morgan fingerprint density at radius 2 is 1.94 bits per heavy atom. The highest BCUT2D eigenvalue weighted by Crippen LogP contribution is 2.24. The highest BCUT2D eigenvalue weighted by molar-refractivity contribution is 9.09. The molecule has 1 aliphatic carbocycles. The zero-order valence-corrected chi connectivity index (χ0v) is 12.1. The molecule has 98 valence electrons. The fraction of sp³-hybridized carbons (Fsp3) is 0.500. The molecule has 2 rings (SSSR count). The van der Waals surface area contributed by atoms with Crippen LogP contribution in [0.1, 0.15) is 36.0 Å². The lowest BCUT2D eigenvalue weighted by atomic mass is 9.95. The minimum atomic E-state index is -0.00555. The van der Waals surface area contributed by atoms with Gasteiger partial charge in [-0.25, -0.2) is 0 Å². The van der Waals surface area contributed by atoms with Crippen LogP contribution in [0.15, 0.2) is 24.3 Å². The van der Waals surface area contributed by atoms with E-state index in [0.29, 0.717) is 10.4 Å². The van der Waals surface area contributed by atoms with Gasteiger partial charge in [0.2, 0.25) is 0 Å². The van der Waals surface area contributed by atoms with Crippen molar-refractivity contribution in [1.82, 2.24) is 5.32 Å². The zero-order valence-electron chi connectivity index (χ0n) is 10.5. The van der Waals surface area contributed by atoms with Gasteiger partial charge in [0.15, 0.2) is 0 Å². The molecular weight excluding hydrogens is 294 g/mol. The number of nitrogens with one attached hydrogen (secondary N) is 1. The minimum Gasteiger partial charge on any atom is -0.497 e. The fourth-order valence-electron chi connectivity index (χ4n) is 2.24. The molecule has 2 atom stereocenters. The Morgan fingerprint density at radius 1 is 1.28 bits per heavy atom. The first kappa shape index (κ1) is 13.4. The van der Waals surface area contributed by atoms with E-state index in [2.05, 4.69) is 21.2 Å². The molecule has 2 unspecified atom stereocenters. The van der Waals surface area contributed by atoms with Gasteiger partial charge in [-0.3, -0.25) is 4.79 Å². The second kappa shape index (κ2) is 6.23. The highest BCUT2D eigenvalue weighted by atomic mass is 79.9. The number of carbonyl (C=O) groups excluding carboxylic acids is 1. The number of carbonyl (C=O) groups is 1. The number of benzene rings is 1. The molecule has 0 heterocycles. The Balaban J connectivity index is 1.97. The molecule has 0 spiro atoms. The first-order chi connectivity index (χ1) is 8.70. The quantitative estimate of drug-likeness (QED) is 0.871. The second-order valence-corrected chi connectivity index (χ2v) is 5.79. The van der Waals surface area contributed by atoms with Crippen molar-refractivity contribution >= 4 is 21.8 Å². The summed E-state index contributed by atoms with van der Waals surface area (Å²) in [6, 6.07) is 7.44. The van der Waals surface area contributed by atoms with Crippen LogP contribution in [0.3, 0.4) is 0 Å². The molecule has 1 aliphatic rings. The van der Waals surface area contributed by atoms with Gasteiger partial charge in [-0.1, -0.05) is 28.8 Å². The number of amides is 1. The molecule has 3 nitrogen and oxygen atoms in total. The maximum atomic E-state index is 12.1. The van der Waals surface area contributed by atoms with E-state index in [-0.39, 0.29) is 11.9 Å². The molecule has 1 fully saturated rings. The summed E-state index contributed by atoms with van der Waals surface area (Å²) in [6.07, 6.45) is 4.62. The first-order valence-electron chi connectivity index (χ1n) is 6.29. The molecule has 1 aromatic rings. The van der Waals surface area contributed by atoms with Gasteiger partial charge in [0, 0.05) is 16.4 Å².